The van der Waals surface area contributed by atoms with Crippen LogP contribution in [0.15, 0.2) is 0 Å². The number of esters is 4. The molecule has 0 fully saturated rings. The number of carbonyl (C=O) groups excluding carboxylic acids is 4. The number of rotatable bonds is 80. The van der Waals surface area contributed by atoms with Crippen LogP contribution >= 0.6 is 15.6 Å². The van der Waals surface area contributed by atoms with E-state index in [-0.39, 0.29) is 25.7 Å². The molecular formula is C79H154O17P2. The quantitative estimate of drug-likeness (QED) is 0.0222. The van der Waals surface area contributed by atoms with Crippen LogP contribution < -0.4 is 0 Å². The third-order valence-corrected chi connectivity index (χ3v) is 20.5. The molecule has 98 heavy (non-hydrogen) atoms. The lowest BCUT2D eigenvalue weighted by atomic mass is 10.0. The SMILES string of the molecule is CCCCCCCCCCCCCCCCCCCCCCCC(=O)O[C@H](COC(=O)CCCCCCCCCCCCCCCCCCCCC)COP(=O)(O)OC[C@@H](O)COP(=O)(O)OC[C@@H](COC(=O)CCCCCCCCCCC)OC(=O)CCCCCCCCCCC. The second-order valence-corrected chi connectivity index (χ2v) is 31.4. The fourth-order valence-corrected chi connectivity index (χ4v) is 13.9. The van der Waals surface area contributed by atoms with Crippen molar-refractivity contribution in [3.8, 4) is 0 Å². The summed E-state index contributed by atoms with van der Waals surface area (Å²) in [5, 5.41) is 10.6. The van der Waals surface area contributed by atoms with E-state index >= 15 is 0 Å². The summed E-state index contributed by atoms with van der Waals surface area (Å²) >= 11 is 0. The van der Waals surface area contributed by atoms with Crippen LogP contribution in [0.4, 0.5) is 0 Å². The molecule has 582 valence electrons. The maximum absolute atomic E-state index is 13.1. The van der Waals surface area contributed by atoms with Crippen molar-refractivity contribution in [2.75, 3.05) is 39.6 Å². The summed E-state index contributed by atoms with van der Waals surface area (Å²) in [5.74, 6) is -2.11. The fourth-order valence-electron chi connectivity index (χ4n) is 12.3. The minimum atomic E-state index is -4.96. The highest BCUT2D eigenvalue weighted by Gasteiger charge is 2.30. The Hall–Kier alpha value is -1.94. The molecule has 0 spiro atoms. The van der Waals surface area contributed by atoms with Gasteiger partial charge in [-0.15, -0.1) is 0 Å². The first-order valence-corrected chi connectivity index (χ1v) is 44.3. The highest BCUT2D eigenvalue weighted by atomic mass is 31.2. The summed E-state index contributed by atoms with van der Waals surface area (Å²) in [6.07, 6.45) is 65.5. The lowest BCUT2D eigenvalue weighted by molar-refractivity contribution is -0.161. The normalized spacial score (nSPS) is 13.8. The number of unbranched alkanes of at least 4 members (excludes halogenated alkanes) is 54. The van der Waals surface area contributed by atoms with Crippen molar-refractivity contribution in [1.29, 1.82) is 0 Å². The van der Waals surface area contributed by atoms with Crippen molar-refractivity contribution < 1.29 is 80.2 Å². The lowest BCUT2D eigenvalue weighted by Crippen LogP contribution is -2.30. The number of aliphatic hydroxyl groups excluding tert-OH is 1. The second-order valence-electron chi connectivity index (χ2n) is 28.5. The summed E-state index contributed by atoms with van der Waals surface area (Å²) in [6.45, 7) is 4.97. The van der Waals surface area contributed by atoms with Gasteiger partial charge in [0.25, 0.3) is 0 Å². The van der Waals surface area contributed by atoms with Crippen molar-refractivity contribution in [2.24, 2.45) is 0 Å². The van der Waals surface area contributed by atoms with Gasteiger partial charge in [0, 0.05) is 25.7 Å². The Morgan fingerprint density at radius 3 is 0.602 bits per heavy atom. The molecule has 0 aliphatic heterocycles. The van der Waals surface area contributed by atoms with E-state index in [1.807, 2.05) is 0 Å². The molecule has 0 radical (unpaired) electrons. The molecule has 0 aromatic heterocycles. The summed E-state index contributed by atoms with van der Waals surface area (Å²) in [5.41, 5.74) is 0. The highest BCUT2D eigenvalue weighted by Crippen LogP contribution is 2.45. The number of phosphoric ester groups is 2. The second kappa shape index (κ2) is 73.4. The van der Waals surface area contributed by atoms with Gasteiger partial charge in [0.2, 0.25) is 0 Å². The Labute approximate surface area is 600 Å². The topological polar surface area (TPSA) is 237 Å². The Kier molecular flexibility index (Phi) is 71.9. The van der Waals surface area contributed by atoms with Gasteiger partial charge in [0.05, 0.1) is 26.4 Å². The molecule has 5 atom stereocenters. The van der Waals surface area contributed by atoms with Crippen LogP contribution in [-0.4, -0.2) is 96.7 Å². The first-order chi connectivity index (χ1) is 47.7. The molecular weight excluding hydrogens is 1280 g/mol. The summed E-state index contributed by atoms with van der Waals surface area (Å²) < 4.78 is 68.5. The van der Waals surface area contributed by atoms with Gasteiger partial charge in [-0.2, -0.15) is 0 Å². The van der Waals surface area contributed by atoms with E-state index in [9.17, 15) is 43.2 Å². The highest BCUT2D eigenvalue weighted by molar-refractivity contribution is 7.47. The average molecular weight is 1440 g/mol. The van der Waals surface area contributed by atoms with Gasteiger partial charge in [0.15, 0.2) is 12.2 Å². The van der Waals surface area contributed by atoms with Crippen LogP contribution in [0.1, 0.15) is 426 Å². The Morgan fingerprint density at radius 1 is 0.245 bits per heavy atom. The van der Waals surface area contributed by atoms with Crippen LogP contribution in [0.2, 0.25) is 0 Å². The third kappa shape index (κ3) is 72.4. The van der Waals surface area contributed by atoms with Crippen LogP contribution in [0, 0.1) is 0 Å². The molecule has 0 saturated carbocycles. The van der Waals surface area contributed by atoms with E-state index in [0.717, 1.165) is 89.9 Å². The molecule has 0 heterocycles. The van der Waals surface area contributed by atoms with Crippen molar-refractivity contribution >= 4 is 39.5 Å². The lowest BCUT2D eigenvalue weighted by Gasteiger charge is -2.21. The van der Waals surface area contributed by atoms with Gasteiger partial charge in [-0.05, 0) is 25.7 Å². The number of hydrogen-bond donors (Lipinski definition) is 3. The van der Waals surface area contributed by atoms with E-state index in [0.29, 0.717) is 25.7 Å². The number of phosphoric acid groups is 2. The molecule has 0 rings (SSSR count). The molecule has 2 unspecified atom stereocenters. The van der Waals surface area contributed by atoms with Crippen molar-refractivity contribution in [1.82, 2.24) is 0 Å². The maximum Gasteiger partial charge on any atom is 0.472 e. The first kappa shape index (κ1) is 96.1. The summed E-state index contributed by atoms with van der Waals surface area (Å²) in [6, 6.07) is 0. The largest absolute Gasteiger partial charge is 0.472 e. The van der Waals surface area contributed by atoms with Crippen LogP contribution in [-0.2, 0) is 65.4 Å². The van der Waals surface area contributed by atoms with E-state index in [4.69, 9.17) is 37.0 Å². The predicted octanol–water partition coefficient (Wildman–Crippen LogP) is 23.8. The first-order valence-electron chi connectivity index (χ1n) is 41.3. The van der Waals surface area contributed by atoms with Gasteiger partial charge < -0.3 is 33.8 Å². The van der Waals surface area contributed by atoms with Gasteiger partial charge in [0.1, 0.15) is 19.3 Å². The smallest absolute Gasteiger partial charge is 0.462 e. The fraction of sp³-hybridized carbons (Fsp3) is 0.949. The Bertz CT molecular complexity index is 1860. The van der Waals surface area contributed by atoms with E-state index in [1.54, 1.807) is 0 Å². The summed E-state index contributed by atoms with van der Waals surface area (Å²) in [7, 11) is -9.91. The molecule has 0 aliphatic rings. The van der Waals surface area contributed by atoms with Gasteiger partial charge in [-0.3, -0.25) is 37.3 Å². The zero-order chi connectivity index (χ0) is 71.8. The van der Waals surface area contributed by atoms with Gasteiger partial charge in [-0.25, -0.2) is 9.13 Å². The predicted molar refractivity (Wildman–Crippen MR) is 400 cm³/mol. The van der Waals surface area contributed by atoms with E-state index < -0.39 is 97.5 Å². The molecule has 0 aromatic carbocycles. The maximum atomic E-state index is 13.1. The number of ether oxygens (including phenoxy) is 4. The Morgan fingerprint density at radius 2 is 0.408 bits per heavy atom. The third-order valence-electron chi connectivity index (χ3n) is 18.6. The minimum absolute atomic E-state index is 0.106. The molecule has 19 heteroatoms. The van der Waals surface area contributed by atoms with Crippen LogP contribution in [0.5, 0.6) is 0 Å². The summed E-state index contributed by atoms with van der Waals surface area (Å²) in [4.78, 5) is 72.8. The van der Waals surface area contributed by atoms with E-state index in [2.05, 4.69) is 27.7 Å². The monoisotopic (exact) mass is 1440 g/mol. The zero-order valence-corrected chi connectivity index (χ0v) is 65.6. The minimum Gasteiger partial charge on any atom is -0.462 e. The number of carbonyl (C=O) groups is 4. The molecule has 17 nitrogen and oxygen atoms in total. The van der Waals surface area contributed by atoms with Gasteiger partial charge >= 0.3 is 39.5 Å². The number of hydrogen-bond acceptors (Lipinski definition) is 15. The van der Waals surface area contributed by atoms with Crippen LogP contribution in [0.3, 0.4) is 0 Å². The molecule has 0 bridgehead atoms. The molecule has 0 saturated heterocycles. The van der Waals surface area contributed by atoms with Crippen molar-refractivity contribution in [2.45, 2.75) is 444 Å². The average Bonchev–Trinajstić information content (AvgIpc) is 1.19. The molecule has 3 N–H and O–H groups in total. The Balaban J connectivity index is 5.15. The molecule has 0 aromatic rings. The molecule has 0 aliphatic carbocycles. The van der Waals surface area contributed by atoms with E-state index in [1.165, 1.54) is 257 Å². The van der Waals surface area contributed by atoms with Gasteiger partial charge in [-0.1, -0.05) is 374 Å². The number of aliphatic hydroxyl groups is 1. The molecule has 0 amide bonds. The standard InChI is InChI=1S/C79H154O17P2/c1-5-9-13-17-21-25-27-29-31-33-35-36-38-40-42-44-46-50-54-58-62-66-79(84)96-75(70-90-77(82)64-60-56-52-49-45-43-41-39-37-34-32-30-28-26-22-18-14-10-6-2)72-94-98(87,88)92-68-73(80)67-91-97(85,86)93-71-74(95-78(83)65-61-57-53-48-24-20-16-12-8-4)69-89-76(81)63-59-55-51-47-23-19-15-11-7-3/h73-75,80H,5-72H2,1-4H3,(H,85,86)(H,87,88)/t73-,74+,75+/m0/s1. The van der Waals surface area contributed by atoms with Crippen molar-refractivity contribution in [3.63, 3.8) is 0 Å². The zero-order valence-electron chi connectivity index (χ0n) is 63.8. The van der Waals surface area contributed by atoms with Crippen molar-refractivity contribution in [3.05, 3.63) is 0 Å². The van der Waals surface area contributed by atoms with Crippen LogP contribution in [0.25, 0.3) is 0 Å².